The van der Waals surface area contributed by atoms with Gasteiger partial charge in [0.25, 0.3) is 0 Å². The Hall–Kier alpha value is -2.04. The van der Waals surface area contributed by atoms with E-state index in [0.717, 1.165) is 0 Å². The first kappa shape index (κ1) is 16.4. The molecule has 1 aliphatic rings. The molecule has 4 rings (SSSR count). The molecular formula is C15H15ClN4O5. The van der Waals surface area contributed by atoms with Crippen LogP contribution in [0, 0.1) is 0 Å². The Morgan fingerprint density at radius 2 is 2.00 bits per heavy atom. The van der Waals surface area contributed by atoms with Gasteiger partial charge in [-0.3, -0.25) is 0 Å². The summed E-state index contributed by atoms with van der Waals surface area (Å²) in [6, 6.07) is 3.47. The molecule has 0 saturated carbocycles. The molecule has 0 aromatic carbocycles. The summed E-state index contributed by atoms with van der Waals surface area (Å²) < 4.78 is 12.5. The van der Waals surface area contributed by atoms with Crippen LogP contribution in [-0.4, -0.2) is 65.9 Å². The number of imidazole rings is 1. The maximum atomic E-state index is 10.1. The van der Waals surface area contributed by atoms with Gasteiger partial charge in [0.05, 0.1) is 25.7 Å². The second kappa shape index (κ2) is 6.36. The van der Waals surface area contributed by atoms with Gasteiger partial charge in [0.2, 0.25) is 5.28 Å². The summed E-state index contributed by atoms with van der Waals surface area (Å²) in [5.74, 6) is 0.507. The van der Waals surface area contributed by atoms with Crippen LogP contribution in [0.5, 0.6) is 0 Å². The van der Waals surface area contributed by atoms with Gasteiger partial charge in [0, 0.05) is 0 Å². The van der Waals surface area contributed by atoms with Crippen LogP contribution in [0.3, 0.4) is 0 Å². The van der Waals surface area contributed by atoms with Crippen LogP contribution in [0.15, 0.2) is 29.1 Å². The number of nitrogens with zero attached hydrogens (tertiary/aromatic N) is 4. The van der Waals surface area contributed by atoms with Crippen molar-refractivity contribution in [1.82, 2.24) is 19.5 Å². The van der Waals surface area contributed by atoms with Crippen molar-refractivity contribution in [2.75, 3.05) is 6.61 Å². The molecule has 4 atom stereocenters. The fourth-order valence-corrected chi connectivity index (χ4v) is 3.12. The van der Waals surface area contributed by atoms with Crippen molar-refractivity contribution in [3.63, 3.8) is 0 Å². The van der Waals surface area contributed by atoms with Crippen molar-refractivity contribution in [2.45, 2.75) is 31.0 Å². The minimum absolute atomic E-state index is 0.0295. The summed E-state index contributed by atoms with van der Waals surface area (Å²) in [6.07, 6.45) is -0.778. The quantitative estimate of drug-likeness (QED) is 0.560. The first-order valence-corrected chi connectivity index (χ1v) is 8.01. The van der Waals surface area contributed by atoms with E-state index in [9.17, 15) is 15.3 Å². The Kier molecular flexibility index (Phi) is 4.18. The Labute approximate surface area is 146 Å². The molecule has 1 aliphatic heterocycles. The van der Waals surface area contributed by atoms with E-state index in [4.69, 9.17) is 20.8 Å². The normalized spacial score (nSPS) is 26.6. The van der Waals surface area contributed by atoms with E-state index in [1.807, 2.05) is 0 Å². The molecule has 3 aromatic rings. The van der Waals surface area contributed by atoms with Crippen molar-refractivity contribution in [2.24, 2.45) is 0 Å². The first-order chi connectivity index (χ1) is 12.1. The van der Waals surface area contributed by atoms with E-state index in [2.05, 4.69) is 15.0 Å². The number of aromatic nitrogens is 4. The first-order valence-electron chi connectivity index (χ1n) is 7.63. The van der Waals surface area contributed by atoms with Crippen LogP contribution >= 0.6 is 11.6 Å². The highest BCUT2D eigenvalue weighted by Crippen LogP contribution is 2.28. The average molecular weight is 367 g/mol. The second-order valence-corrected chi connectivity index (χ2v) is 6.10. The van der Waals surface area contributed by atoms with Gasteiger partial charge < -0.3 is 29.0 Å². The highest BCUT2D eigenvalue weighted by molar-refractivity contribution is 6.28. The van der Waals surface area contributed by atoms with E-state index in [1.165, 1.54) is 12.6 Å². The second-order valence-electron chi connectivity index (χ2n) is 5.76. The summed E-state index contributed by atoms with van der Waals surface area (Å²) in [4.78, 5) is 12.7. The standard InChI is InChI=1S/C15H15ClN4O5/c16-15-18-10(7-2-1-3-24-7)11-14(19-15)20(6-17-11)4-8-12(22)13(23)9(5-21)25-8/h1-3,6,8-9,12-13,21-23H,4-5H2. The zero-order chi connectivity index (χ0) is 17.6. The van der Waals surface area contributed by atoms with E-state index in [1.54, 1.807) is 16.7 Å². The molecular weight excluding hydrogens is 352 g/mol. The Morgan fingerprint density at radius 1 is 1.20 bits per heavy atom. The van der Waals surface area contributed by atoms with Crippen molar-refractivity contribution in [1.29, 1.82) is 0 Å². The molecule has 4 heterocycles. The Morgan fingerprint density at radius 3 is 2.68 bits per heavy atom. The van der Waals surface area contributed by atoms with Gasteiger partial charge in [-0.25, -0.2) is 9.97 Å². The minimum Gasteiger partial charge on any atom is -0.463 e. The van der Waals surface area contributed by atoms with E-state index >= 15 is 0 Å². The zero-order valence-electron chi connectivity index (χ0n) is 12.9. The molecule has 1 saturated heterocycles. The molecule has 0 bridgehead atoms. The Bertz CT molecular complexity index is 884. The lowest BCUT2D eigenvalue weighted by Gasteiger charge is -2.15. The van der Waals surface area contributed by atoms with E-state index in [-0.39, 0.29) is 18.4 Å². The van der Waals surface area contributed by atoms with Crippen LogP contribution in [0.1, 0.15) is 0 Å². The predicted molar refractivity (Wildman–Crippen MR) is 85.8 cm³/mol. The third-order valence-corrected chi connectivity index (χ3v) is 4.38. The van der Waals surface area contributed by atoms with Crippen molar-refractivity contribution in [3.8, 4) is 11.5 Å². The van der Waals surface area contributed by atoms with Crippen LogP contribution in [-0.2, 0) is 11.3 Å². The number of aliphatic hydroxyl groups excluding tert-OH is 3. The van der Waals surface area contributed by atoms with Crippen LogP contribution < -0.4 is 0 Å². The van der Waals surface area contributed by atoms with Gasteiger partial charge in [-0.05, 0) is 23.7 Å². The van der Waals surface area contributed by atoms with Gasteiger partial charge in [0.1, 0.15) is 35.6 Å². The summed E-state index contributed by atoms with van der Waals surface area (Å²) in [5, 5.41) is 29.2. The third kappa shape index (κ3) is 2.79. The van der Waals surface area contributed by atoms with Gasteiger partial charge >= 0.3 is 0 Å². The topological polar surface area (TPSA) is 127 Å². The van der Waals surface area contributed by atoms with Gasteiger partial charge in [-0.2, -0.15) is 4.98 Å². The van der Waals surface area contributed by atoms with E-state index in [0.29, 0.717) is 22.6 Å². The third-order valence-electron chi connectivity index (χ3n) is 4.21. The van der Waals surface area contributed by atoms with Crippen LogP contribution in [0.2, 0.25) is 5.28 Å². The van der Waals surface area contributed by atoms with Crippen molar-refractivity contribution < 1.29 is 24.5 Å². The maximum absolute atomic E-state index is 10.1. The van der Waals surface area contributed by atoms with Gasteiger partial charge in [-0.1, -0.05) is 0 Å². The fraction of sp³-hybridized carbons (Fsp3) is 0.400. The number of rotatable bonds is 4. The zero-order valence-corrected chi connectivity index (χ0v) is 13.6. The summed E-state index contributed by atoms with van der Waals surface area (Å²) in [6.45, 7) is -0.202. The lowest BCUT2D eigenvalue weighted by molar-refractivity contribution is -0.0262. The number of fused-ring (bicyclic) bond motifs is 1. The van der Waals surface area contributed by atoms with Gasteiger partial charge in [-0.15, -0.1) is 0 Å². The van der Waals surface area contributed by atoms with E-state index < -0.39 is 24.4 Å². The number of hydrogen-bond acceptors (Lipinski definition) is 8. The molecule has 10 heteroatoms. The van der Waals surface area contributed by atoms with Crippen molar-refractivity contribution in [3.05, 3.63) is 30.0 Å². The van der Waals surface area contributed by atoms with Crippen LogP contribution in [0.4, 0.5) is 0 Å². The largest absolute Gasteiger partial charge is 0.463 e. The number of furan rings is 1. The lowest BCUT2D eigenvalue weighted by Crippen LogP contribution is -2.35. The van der Waals surface area contributed by atoms with Crippen LogP contribution in [0.25, 0.3) is 22.6 Å². The molecule has 0 spiro atoms. The molecule has 9 nitrogen and oxygen atoms in total. The maximum Gasteiger partial charge on any atom is 0.225 e. The molecule has 0 amide bonds. The summed E-state index contributed by atoms with van der Waals surface area (Å²) >= 11 is 6.03. The minimum atomic E-state index is -1.15. The van der Waals surface area contributed by atoms with Crippen molar-refractivity contribution >= 4 is 22.8 Å². The number of halogens is 1. The summed E-state index contributed by atoms with van der Waals surface area (Å²) in [5.41, 5.74) is 1.40. The molecule has 0 aliphatic carbocycles. The highest BCUT2D eigenvalue weighted by Gasteiger charge is 2.42. The smallest absolute Gasteiger partial charge is 0.225 e. The highest BCUT2D eigenvalue weighted by atomic mass is 35.5. The Balaban J connectivity index is 1.70. The molecule has 3 aromatic heterocycles. The van der Waals surface area contributed by atoms with Gasteiger partial charge in [0.15, 0.2) is 11.4 Å². The number of ether oxygens (including phenoxy) is 1. The summed E-state index contributed by atoms with van der Waals surface area (Å²) in [7, 11) is 0. The number of aliphatic hydroxyl groups is 3. The fourth-order valence-electron chi connectivity index (χ4n) is 2.96. The molecule has 4 unspecified atom stereocenters. The lowest BCUT2D eigenvalue weighted by atomic mass is 10.1. The molecule has 3 N–H and O–H groups in total. The SMILES string of the molecule is OCC1OC(Cn2cnc3c(-c4ccco4)nc(Cl)nc32)C(O)C1O. The number of hydrogen-bond donors (Lipinski definition) is 3. The molecule has 25 heavy (non-hydrogen) atoms. The predicted octanol–water partition coefficient (Wildman–Crippen LogP) is 0.221. The molecule has 1 fully saturated rings. The average Bonchev–Trinajstić information content (AvgIpc) is 3.31. The molecule has 132 valence electrons. The monoisotopic (exact) mass is 366 g/mol. The molecule has 0 radical (unpaired) electrons.